The van der Waals surface area contributed by atoms with Gasteiger partial charge in [0.15, 0.2) is 0 Å². The van der Waals surface area contributed by atoms with Crippen molar-refractivity contribution in [3.63, 3.8) is 0 Å². The van der Waals surface area contributed by atoms with Crippen LogP contribution in [-0.2, 0) is 12.8 Å². The van der Waals surface area contributed by atoms with Crippen LogP contribution in [-0.4, -0.2) is 36.0 Å². The number of hydrogen-bond acceptors (Lipinski definition) is 2. The monoisotopic (exact) mass is 258 g/mol. The van der Waals surface area contributed by atoms with Crippen molar-refractivity contribution in [3.8, 4) is 0 Å². The number of rotatable bonds is 1. The van der Waals surface area contributed by atoms with E-state index in [2.05, 4.69) is 31.3 Å². The van der Waals surface area contributed by atoms with Gasteiger partial charge >= 0.3 is 0 Å². The molecule has 1 saturated heterocycles. The fourth-order valence-electron chi connectivity index (χ4n) is 3.20. The smallest absolute Gasteiger partial charge is 0.253 e. The third-order valence-electron chi connectivity index (χ3n) is 4.20. The fourth-order valence-corrected chi connectivity index (χ4v) is 3.20. The van der Waals surface area contributed by atoms with Crippen LogP contribution in [0, 0.1) is 0 Å². The van der Waals surface area contributed by atoms with Crippen LogP contribution in [0.5, 0.6) is 0 Å². The highest BCUT2D eigenvalue weighted by Gasteiger charge is 2.29. The van der Waals surface area contributed by atoms with Crippen LogP contribution < -0.4 is 5.32 Å². The summed E-state index contributed by atoms with van der Waals surface area (Å²) >= 11 is 0. The molecule has 1 aliphatic heterocycles. The molecule has 0 saturated carbocycles. The Balaban J connectivity index is 1.80. The van der Waals surface area contributed by atoms with E-state index in [1.165, 1.54) is 24.0 Å². The Kier molecular flexibility index (Phi) is 3.09. The molecule has 3 heteroatoms. The zero-order chi connectivity index (χ0) is 13.5. The molecule has 1 aliphatic carbocycles. The highest BCUT2D eigenvalue weighted by molar-refractivity contribution is 5.94. The molecule has 1 aromatic carbocycles. The number of aryl methyl sites for hydroxylation is 2. The number of carbonyl (C=O) groups is 1. The Morgan fingerprint density at radius 3 is 2.84 bits per heavy atom. The van der Waals surface area contributed by atoms with E-state index in [4.69, 9.17) is 0 Å². The van der Waals surface area contributed by atoms with E-state index in [0.717, 1.165) is 31.6 Å². The average Bonchev–Trinajstić information content (AvgIpc) is 2.83. The third kappa shape index (κ3) is 2.52. The molecule has 2 aliphatic rings. The fraction of sp³-hybridized carbons (Fsp3) is 0.562. The number of nitrogens with one attached hydrogen (secondary N) is 1. The van der Waals surface area contributed by atoms with Crippen LogP contribution in [0.3, 0.4) is 0 Å². The van der Waals surface area contributed by atoms with Crippen molar-refractivity contribution in [2.75, 3.05) is 19.6 Å². The van der Waals surface area contributed by atoms with Crippen LogP contribution in [0.25, 0.3) is 0 Å². The Labute approximate surface area is 115 Å². The molecule has 0 bridgehead atoms. The van der Waals surface area contributed by atoms with E-state index in [-0.39, 0.29) is 11.4 Å². The predicted molar refractivity (Wildman–Crippen MR) is 76.5 cm³/mol. The van der Waals surface area contributed by atoms with E-state index < -0.39 is 0 Å². The van der Waals surface area contributed by atoms with Crippen LogP contribution in [0.1, 0.15) is 41.8 Å². The van der Waals surface area contributed by atoms with Gasteiger partial charge in [-0.05, 0) is 56.4 Å². The minimum Gasteiger partial charge on any atom is -0.336 e. The van der Waals surface area contributed by atoms with Crippen molar-refractivity contribution in [2.45, 2.75) is 38.6 Å². The second kappa shape index (κ2) is 4.64. The lowest BCUT2D eigenvalue weighted by Gasteiger charge is -2.39. The zero-order valence-electron chi connectivity index (χ0n) is 11.8. The molecule has 1 N–H and O–H groups in total. The first-order valence-corrected chi connectivity index (χ1v) is 7.21. The largest absolute Gasteiger partial charge is 0.336 e. The van der Waals surface area contributed by atoms with E-state index in [1.54, 1.807) is 0 Å². The quantitative estimate of drug-likeness (QED) is 0.835. The van der Waals surface area contributed by atoms with Gasteiger partial charge < -0.3 is 10.2 Å². The van der Waals surface area contributed by atoms with Crippen molar-refractivity contribution in [1.82, 2.24) is 10.2 Å². The third-order valence-corrected chi connectivity index (χ3v) is 4.20. The molecule has 1 aromatic rings. The minimum atomic E-state index is 0.0185. The minimum absolute atomic E-state index is 0.0185. The molecule has 0 spiro atoms. The van der Waals surface area contributed by atoms with Crippen molar-refractivity contribution in [3.05, 3.63) is 34.9 Å². The topological polar surface area (TPSA) is 32.3 Å². The number of amides is 1. The summed E-state index contributed by atoms with van der Waals surface area (Å²) in [6.45, 7) is 6.76. The maximum absolute atomic E-state index is 12.6. The molecule has 19 heavy (non-hydrogen) atoms. The van der Waals surface area contributed by atoms with Crippen LogP contribution in [0.2, 0.25) is 0 Å². The molecule has 1 fully saturated rings. The van der Waals surface area contributed by atoms with E-state index in [0.29, 0.717) is 0 Å². The number of nitrogens with zero attached hydrogens (tertiary/aromatic N) is 1. The second-order valence-corrected chi connectivity index (χ2v) is 6.37. The van der Waals surface area contributed by atoms with Gasteiger partial charge in [0, 0.05) is 30.7 Å². The second-order valence-electron chi connectivity index (χ2n) is 6.37. The summed E-state index contributed by atoms with van der Waals surface area (Å²) in [5, 5.41) is 3.44. The van der Waals surface area contributed by atoms with Gasteiger partial charge in [0.2, 0.25) is 0 Å². The SMILES string of the molecule is CC1(C)CN(C(=O)c2ccc3c(c2)CCC3)CCN1. The summed E-state index contributed by atoms with van der Waals surface area (Å²) in [4.78, 5) is 14.6. The van der Waals surface area contributed by atoms with E-state index in [9.17, 15) is 4.79 Å². The molecule has 3 nitrogen and oxygen atoms in total. The average molecular weight is 258 g/mol. The molecule has 0 aromatic heterocycles. The highest BCUT2D eigenvalue weighted by atomic mass is 16.2. The Morgan fingerprint density at radius 2 is 2.05 bits per heavy atom. The molecule has 102 valence electrons. The molecular formula is C16H22N2O. The Morgan fingerprint density at radius 1 is 1.26 bits per heavy atom. The van der Waals surface area contributed by atoms with Gasteiger partial charge in [0.25, 0.3) is 5.91 Å². The molecule has 1 heterocycles. The Hall–Kier alpha value is -1.35. The number of fused-ring (bicyclic) bond motifs is 1. The summed E-state index contributed by atoms with van der Waals surface area (Å²) in [7, 11) is 0. The standard InChI is InChI=1S/C16H22N2O/c1-16(2)11-18(9-8-17-16)15(19)14-7-6-12-4-3-5-13(12)10-14/h6-7,10,17H,3-5,8-9,11H2,1-2H3. The summed E-state index contributed by atoms with van der Waals surface area (Å²) < 4.78 is 0. The van der Waals surface area contributed by atoms with E-state index in [1.807, 2.05) is 11.0 Å². The Bertz CT molecular complexity index is 507. The van der Waals surface area contributed by atoms with Crippen molar-refractivity contribution in [2.24, 2.45) is 0 Å². The first kappa shape index (κ1) is 12.7. The first-order valence-electron chi connectivity index (χ1n) is 7.21. The number of carbonyl (C=O) groups excluding carboxylic acids is 1. The molecule has 0 radical (unpaired) electrons. The summed E-state index contributed by atoms with van der Waals surface area (Å²) in [5.41, 5.74) is 3.68. The van der Waals surface area contributed by atoms with Crippen molar-refractivity contribution < 1.29 is 4.79 Å². The number of hydrogen-bond donors (Lipinski definition) is 1. The first-order chi connectivity index (χ1) is 9.05. The van der Waals surface area contributed by atoms with Crippen LogP contribution in [0.4, 0.5) is 0 Å². The van der Waals surface area contributed by atoms with E-state index >= 15 is 0 Å². The molecule has 0 atom stereocenters. The van der Waals surface area contributed by atoms with Crippen molar-refractivity contribution >= 4 is 5.91 Å². The summed E-state index contributed by atoms with van der Waals surface area (Å²) in [5.74, 6) is 0.185. The van der Waals surface area contributed by atoms with Gasteiger partial charge in [0.05, 0.1) is 0 Å². The lowest BCUT2D eigenvalue weighted by molar-refractivity contribution is 0.0652. The number of benzene rings is 1. The van der Waals surface area contributed by atoms with Gasteiger partial charge in [-0.15, -0.1) is 0 Å². The molecule has 0 unspecified atom stereocenters. The maximum Gasteiger partial charge on any atom is 0.253 e. The molecule has 3 rings (SSSR count). The molecular weight excluding hydrogens is 236 g/mol. The summed E-state index contributed by atoms with van der Waals surface area (Å²) in [6, 6.07) is 6.25. The van der Waals surface area contributed by atoms with Crippen LogP contribution >= 0.6 is 0 Å². The van der Waals surface area contributed by atoms with Gasteiger partial charge in [-0.3, -0.25) is 4.79 Å². The van der Waals surface area contributed by atoms with Gasteiger partial charge in [-0.25, -0.2) is 0 Å². The highest BCUT2D eigenvalue weighted by Crippen LogP contribution is 2.24. The number of piperazine rings is 1. The maximum atomic E-state index is 12.6. The molecule has 1 amide bonds. The van der Waals surface area contributed by atoms with Gasteiger partial charge in [-0.1, -0.05) is 6.07 Å². The van der Waals surface area contributed by atoms with Crippen molar-refractivity contribution in [1.29, 1.82) is 0 Å². The predicted octanol–water partition coefficient (Wildman–Crippen LogP) is 2.00. The lowest BCUT2D eigenvalue weighted by Crippen LogP contribution is -2.58. The normalized spacial score (nSPS) is 21.3. The van der Waals surface area contributed by atoms with Crippen LogP contribution in [0.15, 0.2) is 18.2 Å². The zero-order valence-corrected chi connectivity index (χ0v) is 11.8. The van der Waals surface area contributed by atoms with Gasteiger partial charge in [0.1, 0.15) is 0 Å². The van der Waals surface area contributed by atoms with Gasteiger partial charge in [-0.2, -0.15) is 0 Å². The lowest BCUT2D eigenvalue weighted by atomic mass is 10.0. The summed E-state index contributed by atoms with van der Waals surface area (Å²) in [6.07, 6.45) is 3.53.